The second kappa shape index (κ2) is 4.67. The minimum atomic E-state index is 0.579. The van der Waals surface area contributed by atoms with E-state index in [0.29, 0.717) is 11.5 Å². The minimum absolute atomic E-state index is 0.579. The van der Waals surface area contributed by atoms with Gasteiger partial charge in [-0.2, -0.15) is 0 Å². The van der Waals surface area contributed by atoms with Gasteiger partial charge in [0.25, 0.3) is 0 Å². The molecule has 0 aromatic rings. The highest BCUT2D eigenvalue weighted by molar-refractivity contribution is 5.15. The fourth-order valence-electron chi connectivity index (χ4n) is 5.73. The third kappa shape index (κ3) is 2.05. The van der Waals surface area contributed by atoms with Gasteiger partial charge < -0.3 is 5.32 Å². The van der Waals surface area contributed by atoms with Crippen LogP contribution in [0.1, 0.15) is 58.8 Å². The topological polar surface area (TPSA) is 12.0 Å². The van der Waals surface area contributed by atoms with Gasteiger partial charge in [-0.05, 0) is 81.6 Å². The first-order valence-electron chi connectivity index (χ1n) is 8.02. The molecule has 4 fully saturated rings. The van der Waals surface area contributed by atoms with E-state index in [4.69, 9.17) is 0 Å². The molecule has 0 spiro atoms. The Labute approximate surface area is 112 Å². The van der Waals surface area contributed by atoms with Crippen molar-refractivity contribution in [2.24, 2.45) is 23.2 Å². The van der Waals surface area contributed by atoms with Crippen LogP contribution in [-0.4, -0.2) is 12.6 Å². The smallest absolute Gasteiger partial charge is 0.0331 e. The van der Waals surface area contributed by atoms with Gasteiger partial charge in [0.1, 0.15) is 0 Å². The first-order chi connectivity index (χ1) is 8.63. The number of nitrogens with one attached hydrogen (secondary N) is 1. The molecule has 4 saturated carbocycles. The van der Waals surface area contributed by atoms with Crippen molar-refractivity contribution in [1.82, 2.24) is 5.32 Å². The van der Waals surface area contributed by atoms with E-state index < -0.39 is 0 Å². The van der Waals surface area contributed by atoms with Crippen molar-refractivity contribution in [2.45, 2.75) is 64.8 Å². The van der Waals surface area contributed by atoms with E-state index in [1.165, 1.54) is 50.5 Å². The highest BCUT2D eigenvalue weighted by atomic mass is 14.9. The third-order valence-corrected chi connectivity index (χ3v) is 5.79. The van der Waals surface area contributed by atoms with Crippen LogP contribution in [0.3, 0.4) is 0 Å². The van der Waals surface area contributed by atoms with E-state index in [9.17, 15) is 0 Å². The monoisotopic (exact) mass is 247 g/mol. The first kappa shape index (κ1) is 12.7. The Morgan fingerprint density at radius 3 is 2.06 bits per heavy atom. The molecule has 102 valence electrons. The lowest BCUT2D eigenvalue weighted by atomic mass is 9.47. The van der Waals surface area contributed by atoms with Gasteiger partial charge in [0, 0.05) is 6.04 Å². The molecule has 0 heterocycles. The lowest BCUT2D eigenvalue weighted by Crippen LogP contribution is -2.56. The summed E-state index contributed by atoms with van der Waals surface area (Å²) in [6, 6.07) is 0.589. The van der Waals surface area contributed by atoms with Crippen molar-refractivity contribution in [3.05, 3.63) is 12.2 Å². The van der Waals surface area contributed by atoms with Crippen LogP contribution in [0.2, 0.25) is 0 Å². The van der Waals surface area contributed by atoms with Crippen molar-refractivity contribution in [1.29, 1.82) is 0 Å². The Morgan fingerprint density at radius 2 is 1.67 bits per heavy atom. The minimum Gasteiger partial charge on any atom is -0.310 e. The summed E-state index contributed by atoms with van der Waals surface area (Å²) >= 11 is 0. The molecular weight excluding hydrogens is 218 g/mol. The average Bonchev–Trinajstić information content (AvgIpc) is 2.26. The largest absolute Gasteiger partial charge is 0.310 e. The number of rotatable bonds is 5. The van der Waals surface area contributed by atoms with Crippen molar-refractivity contribution in [3.63, 3.8) is 0 Å². The molecule has 1 atom stereocenters. The van der Waals surface area contributed by atoms with Gasteiger partial charge in [0.2, 0.25) is 0 Å². The lowest BCUT2D eigenvalue weighted by molar-refractivity contribution is -0.0668. The maximum absolute atomic E-state index is 4.30. The number of hydrogen-bond donors (Lipinski definition) is 1. The molecule has 1 unspecified atom stereocenters. The summed E-state index contributed by atoms with van der Waals surface area (Å²) in [6.07, 6.45) is 10.3. The van der Waals surface area contributed by atoms with Crippen LogP contribution in [0, 0.1) is 23.2 Å². The predicted molar refractivity (Wildman–Crippen MR) is 77.5 cm³/mol. The van der Waals surface area contributed by atoms with Gasteiger partial charge in [-0.3, -0.25) is 0 Å². The highest BCUT2D eigenvalue weighted by Crippen LogP contribution is 2.61. The van der Waals surface area contributed by atoms with E-state index in [0.717, 1.165) is 24.3 Å². The molecule has 0 aromatic carbocycles. The van der Waals surface area contributed by atoms with E-state index in [2.05, 4.69) is 25.7 Å². The summed E-state index contributed by atoms with van der Waals surface area (Å²) < 4.78 is 0. The third-order valence-electron chi connectivity index (χ3n) is 5.79. The average molecular weight is 247 g/mol. The molecule has 0 aromatic heterocycles. The molecule has 0 radical (unpaired) electrons. The zero-order valence-corrected chi connectivity index (χ0v) is 12.2. The van der Waals surface area contributed by atoms with Gasteiger partial charge in [0.15, 0.2) is 0 Å². The van der Waals surface area contributed by atoms with Crippen LogP contribution < -0.4 is 5.32 Å². The summed E-state index contributed by atoms with van der Waals surface area (Å²) in [4.78, 5) is 0. The standard InChI is InChI=1S/C17H29N/c1-4-5-18-16(12(2)3)17-9-13-6-14(10-17)8-15(7-13)11-17/h13-16,18H,2,4-11H2,1,3H3. The normalized spacial score (nSPS) is 43.1. The Morgan fingerprint density at radius 1 is 1.17 bits per heavy atom. The van der Waals surface area contributed by atoms with Crippen molar-refractivity contribution in [3.8, 4) is 0 Å². The Bertz CT molecular complexity index is 295. The molecule has 4 bridgehead atoms. The Kier molecular flexibility index (Phi) is 3.30. The van der Waals surface area contributed by atoms with Crippen molar-refractivity contribution < 1.29 is 0 Å². The van der Waals surface area contributed by atoms with Gasteiger partial charge in [-0.25, -0.2) is 0 Å². The van der Waals surface area contributed by atoms with Crippen LogP contribution in [0.5, 0.6) is 0 Å². The maximum Gasteiger partial charge on any atom is 0.0331 e. The summed E-state index contributed by atoms with van der Waals surface area (Å²) in [7, 11) is 0. The molecule has 0 amide bonds. The summed E-state index contributed by atoms with van der Waals surface area (Å²) in [5.74, 6) is 3.13. The summed E-state index contributed by atoms with van der Waals surface area (Å²) in [5.41, 5.74) is 1.96. The highest BCUT2D eigenvalue weighted by Gasteiger charge is 2.54. The van der Waals surface area contributed by atoms with Crippen LogP contribution >= 0.6 is 0 Å². The fraction of sp³-hybridized carbons (Fsp3) is 0.882. The van der Waals surface area contributed by atoms with Crippen LogP contribution in [0.4, 0.5) is 0 Å². The molecule has 1 nitrogen and oxygen atoms in total. The second-order valence-electron chi connectivity index (χ2n) is 7.51. The van der Waals surface area contributed by atoms with Gasteiger partial charge in [0.05, 0.1) is 0 Å². The van der Waals surface area contributed by atoms with Crippen molar-refractivity contribution >= 4 is 0 Å². The second-order valence-corrected chi connectivity index (χ2v) is 7.51. The maximum atomic E-state index is 4.30. The van der Waals surface area contributed by atoms with Gasteiger partial charge in [-0.15, -0.1) is 0 Å². The van der Waals surface area contributed by atoms with Crippen LogP contribution in [-0.2, 0) is 0 Å². The van der Waals surface area contributed by atoms with Crippen LogP contribution in [0.15, 0.2) is 12.2 Å². The Hall–Kier alpha value is -0.300. The van der Waals surface area contributed by atoms with E-state index in [1.54, 1.807) is 0 Å². The van der Waals surface area contributed by atoms with E-state index >= 15 is 0 Å². The molecule has 0 aliphatic heterocycles. The quantitative estimate of drug-likeness (QED) is 0.720. The Balaban J connectivity index is 1.81. The van der Waals surface area contributed by atoms with Gasteiger partial charge >= 0.3 is 0 Å². The predicted octanol–water partition coefficient (Wildman–Crippen LogP) is 4.15. The molecule has 18 heavy (non-hydrogen) atoms. The fourth-order valence-corrected chi connectivity index (χ4v) is 5.73. The molecule has 1 N–H and O–H groups in total. The molecular formula is C17H29N. The van der Waals surface area contributed by atoms with E-state index in [-0.39, 0.29) is 0 Å². The van der Waals surface area contributed by atoms with Crippen molar-refractivity contribution in [2.75, 3.05) is 6.54 Å². The molecule has 4 aliphatic carbocycles. The summed E-state index contributed by atoms with van der Waals surface area (Å²) in [5, 5.41) is 3.83. The zero-order chi connectivity index (χ0) is 12.8. The van der Waals surface area contributed by atoms with Gasteiger partial charge in [-0.1, -0.05) is 19.1 Å². The molecule has 0 saturated heterocycles. The van der Waals surface area contributed by atoms with E-state index in [1.807, 2.05) is 0 Å². The SMILES string of the molecule is C=C(C)C(NCCC)C12CC3CC(CC(C3)C1)C2. The zero-order valence-electron chi connectivity index (χ0n) is 12.2. The molecule has 4 rings (SSSR count). The summed E-state index contributed by atoms with van der Waals surface area (Å²) in [6.45, 7) is 9.96. The van der Waals surface area contributed by atoms with Crippen LogP contribution in [0.25, 0.3) is 0 Å². The molecule has 1 heteroatoms. The lowest BCUT2D eigenvalue weighted by Gasteiger charge is -2.59. The molecule has 4 aliphatic rings. The first-order valence-corrected chi connectivity index (χ1v) is 8.02. The number of hydrogen-bond acceptors (Lipinski definition) is 1.